The third kappa shape index (κ3) is 3.17. The van der Waals surface area contributed by atoms with E-state index in [1.165, 1.54) is 0 Å². The maximum absolute atomic E-state index is 12.2. The molecule has 2 heterocycles. The lowest BCUT2D eigenvalue weighted by Gasteiger charge is -2.36. The Morgan fingerprint density at radius 1 is 1.44 bits per heavy atom. The van der Waals surface area contributed by atoms with E-state index in [0.717, 1.165) is 18.8 Å². The van der Waals surface area contributed by atoms with E-state index in [4.69, 9.17) is 4.74 Å². The third-order valence-electron chi connectivity index (χ3n) is 3.34. The van der Waals surface area contributed by atoms with Gasteiger partial charge in [0.15, 0.2) is 0 Å². The second-order valence-electron chi connectivity index (χ2n) is 4.66. The fraction of sp³-hybridized carbons (Fsp3) is 0.833. The second kappa shape index (κ2) is 6.43. The summed E-state index contributed by atoms with van der Waals surface area (Å²) in [5, 5.41) is 3.16. The first-order valence-corrected chi connectivity index (χ1v) is 7.62. The van der Waals surface area contributed by atoms with Crippen molar-refractivity contribution in [3.05, 3.63) is 0 Å². The molecule has 0 aromatic heterocycles. The summed E-state index contributed by atoms with van der Waals surface area (Å²) >= 11 is 1.71. The number of carbonyl (C=O) groups excluding carboxylic acids is 2. The lowest BCUT2D eigenvalue weighted by Crippen LogP contribution is -2.53. The number of hydrogen-bond acceptors (Lipinski definition) is 5. The van der Waals surface area contributed by atoms with Gasteiger partial charge in [-0.15, -0.1) is 0 Å². The number of thioether (sulfide) groups is 1. The number of ether oxygens (including phenoxy) is 1. The van der Waals surface area contributed by atoms with E-state index in [9.17, 15) is 9.59 Å². The molecule has 5 nitrogen and oxygen atoms in total. The van der Waals surface area contributed by atoms with E-state index in [1.807, 2.05) is 0 Å². The number of nitrogens with one attached hydrogen (secondary N) is 1. The van der Waals surface area contributed by atoms with Gasteiger partial charge in [0.1, 0.15) is 6.04 Å². The molecular formula is C12H20N2O3S. The zero-order valence-electron chi connectivity index (χ0n) is 10.7. The van der Waals surface area contributed by atoms with Crippen LogP contribution in [0.4, 0.5) is 0 Å². The van der Waals surface area contributed by atoms with Gasteiger partial charge in [-0.1, -0.05) is 0 Å². The fourth-order valence-corrected chi connectivity index (χ4v) is 3.22. The average Bonchev–Trinajstić information content (AvgIpc) is 2.34. The summed E-state index contributed by atoms with van der Waals surface area (Å²) in [5.41, 5.74) is 0. The van der Waals surface area contributed by atoms with Crippen LogP contribution >= 0.6 is 11.8 Å². The van der Waals surface area contributed by atoms with Crippen LogP contribution in [0.15, 0.2) is 0 Å². The van der Waals surface area contributed by atoms with Gasteiger partial charge in [-0.05, 0) is 25.9 Å². The first-order valence-electron chi connectivity index (χ1n) is 6.47. The molecule has 0 spiro atoms. The van der Waals surface area contributed by atoms with Crippen molar-refractivity contribution in [1.82, 2.24) is 10.2 Å². The highest BCUT2D eigenvalue weighted by Crippen LogP contribution is 2.20. The largest absolute Gasteiger partial charge is 0.464 e. The fourth-order valence-electron chi connectivity index (χ4n) is 2.19. The van der Waals surface area contributed by atoms with Gasteiger partial charge in [-0.3, -0.25) is 4.79 Å². The number of esters is 1. The van der Waals surface area contributed by atoms with Crippen molar-refractivity contribution < 1.29 is 14.3 Å². The molecule has 6 heteroatoms. The molecule has 0 saturated carbocycles. The molecule has 1 unspecified atom stereocenters. The van der Waals surface area contributed by atoms with Crippen LogP contribution in [0.25, 0.3) is 0 Å². The van der Waals surface area contributed by atoms with Crippen LogP contribution in [0.3, 0.4) is 0 Å². The Labute approximate surface area is 112 Å². The van der Waals surface area contributed by atoms with Crippen LogP contribution in [0.2, 0.25) is 0 Å². The molecule has 102 valence electrons. The monoisotopic (exact) mass is 272 g/mol. The van der Waals surface area contributed by atoms with Crippen LogP contribution in [-0.2, 0) is 14.3 Å². The summed E-state index contributed by atoms with van der Waals surface area (Å²) in [6.07, 6.45) is 0.549. The molecule has 0 aliphatic carbocycles. The first kappa shape index (κ1) is 13.7. The molecule has 0 aromatic rings. The SMILES string of the molecule is CCOC(=O)C1CSCCN1C(=O)CC1CNC1. The Balaban J connectivity index is 1.93. The summed E-state index contributed by atoms with van der Waals surface area (Å²) in [6, 6.07) is -0.385. The first-order chi connectivity index (χ1) is 8.72. The molecule has 0 bridgehead atoms. The second-order valence-corrected chi connectivity index (χ2v) is 5.81. The molecular weight excluding hydrogens is 252 g/mol. The number of carbonyl (C=O) groups is 2. The predicted molar refractivity (Wildman–Crippen MR) is 70.4 cm³/mol. The predicted octanol–water partition coefficient (Wildman–Crippen LogP) is 0.103. The van der Waals surface area contributed by atoms with Gasteiger partial charge in [-0.25, -0.2) is 4.79 Å². The van der Waals surface area contributed by atoms with Gasteiger partial charge in [0, 0.05) is 24.5 Å². The van der Waals surface area contributed by atoms with Gasteiger partial charge < -0.3 is 15.0 Å². The van der Waals surface area contributed by atoms with Gasteiger partial charge in [0.05, 0.1) is 6.61 Å². The third-order valence-corrected chi connectivity index (χ3v) is 4.36. The molecule has 2 rings (SSSR count). The molecule has 0 aromatic carbocycles. The molecule has 1 atom stereocenters. The number of rotatable bonds is 4. The van der Waals surface area contributed by atoms with Gasteiger partial charge >= 0.3 is 5.97 Å². The van der Waals surface area contributed by atoms with E-state index in [2.05, 4.69) is 5.32 Å². The lowest BCUT2D eigenvalue weighted by molar-refractivity contribution is -0.154. The molecule has 1 amide bonds. The van der Waals surface area contributed by atoms with Gasteiger partial charge in [0.2, 0.25) is 5.91 Å². The van der Waals surface area contributed by atoms with E-state index in [-0.39, 0.29) is 17.9 Å². The maximum atomic E-state index is 12.2. The van der Waals surface area contributed by atoms with Crippen molar-refractivity contribution in [2.45, 2.75) is 19.4 Å². The number of nitrogens with zero attached hydrogens (tertiary/aromatic N) is 1. The minimum atomic E-state index is -0.385. The molecule has 2 saturated heterocycles. The van der Waals surface area contributed by atoms with E-state index in [1.54, 1.807) is 23.6 Å². The van der Waals surface area contributed by atoms with Crippen molar-refractivity contribution in [3.63, 3.8) is 0 Å². The number of hydrogen-bond donors (Lipinski definition) is 1. The summed E-state index contributed by atoms with van der Waals surface area (Å²) in [7, 11) is 0. The van der Waals surface area contributed by atoms with Crippen LogP contribution in [0.1, 0.15) is 13.3 Å². The van der Waals surface area contributed by atoms with Crippen molar-refractivity contribution in [3.8, 4) is 0 Å². The highest BCUT2D eigenvalue weighted by Gasteiger charge is 2.34. The Morgan fingerprint density at radius 2 is 2.22 bits per heavy atom. The zero-order chi connectivity index (χ0) is 13.0. The summed E-state index contributed by atoms with van der Waals surface area (Å²) in [4.78, 5) is 25.8. The molecule has 18 heavy (non-hydrogen) atoms. The Kier molecular flexibility index (Phi) is 4.88. The summed E-state index contributed by atoms with van der Waals surface area (Å²) < 4.78 is 5.05. The molecule has 1 N–H and O–H groups in total. The van der Waals surface area contributed by atoms with Crippen LogP contribution in [-0.4, -0.2) is 60.6 Å². The highest BCUT2D eigenvalue weighted by molar-refractivity contribution is 7.99. The smallest absolute Gasteiger partial charge is 0.329 e. The van der Waals surface area contributed by atoms with Crippen molar-refractivity contribution in [1.29, 1.82) is 0 Å². The number of amides is 1. The topological polar surface area (TPSA) is 58.6 Å². The average molecular weight is 272 g/mol. The van der Waals surface area contributed by atoms with Crippen molar-refractivity contribution >= 4 is 23.6 Å². The van der Waals surface area contributed by atoms with Crippen molar-refractivity contribution in [2.24, 2.45) is 5.92 Å². The zero-order valence-corrected chi connectivity index (χ0v) is 11.5. The molecule has 2 aliphatic rings. The normalized spacial score (nSPS) is 24.5. The van der Waals surface area contributed by atoms with Crippen LogP contribution in [0.5, 0.6) is 0 Å². The Bertz CT molecular complexity index is 320. The molecule has 0 radical (unpaired) electrons. The molecule has 2 fully saturated rings. The van der Waals surface area contributed by atoms with Crippen molar-refractivity contribution in [2.75, 3.05) is 37.7 Å². The Hall–Kier alpha value is -0.750. The standard InChI is InChI=1S/C12H20N2O3S/c1-2-17-12(16)10-8-18-4-3-14(10)11(15)5-9-6-13-7-9/h9-10,13H,2-8H2,1H3. The summed E-state index contributed by atoms with van der Waals surface area (Å²) in [6.45, 7) is 4.65. The maximum Gasteiger partial charge on any atom is 0.329 e. The van der Waals surface area contributed by atoms with Gasteiger partial charge in [-0.2, -0.15) is 11.8 Å². The lowest BCUT2D eigenvalue weighted by atomic mass is 9.98. The Morgan fingerprint density at radius 3 is 2.83 bits per heavy atom. The quantitative estimate of drug-likeness (QED) is 0.736. The van der Waals surface area contributed by atoms with Gasteiger partial charge in [0.25, 0.3) is 0 Å². The summed E-state index contributed by atoms with van der Waals surface area (Å²) in [5.74, 6) is 1.84. The minimum Gasteiger partial charge on any atom is -0.464 e. The van der Waals surface area contributed by atoms with E-state index >= 15 is 0 Å². The molecule has 2 aliphatic heterocycles. The van der Waals surface area contributed by atoms with Crippen LogP contribution in [0, 0.1) is 5.92 Å². The van der Waals surface area contributed by atoms with E-state index in [0.29, 0.717) is 31.2 Å². The van der Waals surface area contributed by atoms with Crippen LogP contribution < -0.4 is 5.32 Å². The van der Waals surface area contributed by atoms with E-state index < -0.39 is 0 Å². The minimum absolute atomic E-state index is 0.0971. The highest BCUT2D eigenvalue weighted by atomic mass is 32.2.